The smallest absolute Gasteiger partial charge is 0.243 e. The molecule has 1 aromatic carbocycles. The lowest BCUT2D eigenvalue weighted by Crippen LogP contribution is -2.45. The molecule has 21 heavy (non-hydrogen) atoms. The van der Waals surface area contributed by atoms with E-state index in [9.17, 15) is 13.5 Å². The molecule has 2 rings (SSSR count). The Morgan fingerprint density at radius 1 is 1.38 bits per heavy atom. The van der Waals surface area contributed by atoms with Crippen molar-refractivity contribution in [3.8, 4) is 0 Å². The van der Waals surface area contributed by atoms with Gasteiger partial charge in [-0.15, -0.1) is 0 Å². The average molecular weight is 313 g/mol. The first-order chi connectivity index (χ1) is 9.90. The zero-order valence-electron chi connectivity index (χ0n) is 12.8. The molecule has 0 aliphatic carbocycles. The Morgan fingerprint density at radius 3 is 2.71 bits per heavy atom. The zero-order valence-corrected chi connectivity index (χ0v) is 13.6. The molecular weight excluding hydrogens is 290 g/mol. The van der Waals surface area contributed by atoms with Crippen molar-refractivity contribution in [2.45, 2.75) is 44.8 Å². The summed E-state index contributed by atoms with van der Waals surface area (Å²) in [4.78, 5) is 0.295. The van der Waals surface area contributed by atoms with E-state index in [0.717, 1.165) is 17.5 Å². The Balaban J connectivity index is 2.41. The van der Waals surface area contributed by atoms with Crippen molar-refractivity contribution in [1.29, 1.82) is 0 Å². The number of aliphatic hydroxyl groups is 1. The first-order valence-corrected chi connectivity index (χ1v) is 8.67. The van der Waals surface area contributed by atoms with Crippen molar-refractivity contribution in [2.75, 3.05) is 19.7 Å². The molecule has 1 saturated heterocycles. The lowest BCUT2D eigenvalue weighted by Gasteiger charge is -2.32. The molecule has 0 aromatic heterocycles. The third-order valence-electron chi connectivity index (χ3n) is 4.04. The third-order valence-corrected chi connectivity index (χ3v) is 6.03. The van der Waals surface area contributed by atoms with Gasteiger partial charge in [-0.3, -0.25) is 0 Å². The number of hydrogen-bond donors (Lipinski definition) is 1. The molecule has 0 spiro atoms. The van der Waals surface area contributed by atoms with Crippen LogP contribution in [0.15, 0.2) is 17.0 Å². The van der Waals surface area contributed by atoms with E-state index in [0.29, 0.717) is 30.2 Å². The maximum absolute atomic E-state index is 12.9. The number of rotatable bonds is 4. The van der Waals surface area contributed by atoms with Gasteiger partial charge in [0.05, 0.1) is 24.2 Å². The number of nitrogens with zero attached hydrogens (tertiary/aromatic N) is 1. The van der Waals surface area contributed by atoms with E-state index in [2.05, 4.69) is 0 Å². The molecule has 0 bridgehead atoms. The predicted molar refractivity (Wildman–Crippen MR) is 80.6 cm³/mol. The van der Waals surface area contributed by atoms with Crippen molar-refractivity contribution in [3.63, 3.8) is 0 Å². The van der Waals surface area contributed by atoms with Gasteiger partial charge < -0.3 is 9.84 Å². The van der Waals surface area contributed by atoms with Gasteiger partial charge in [-0.2, -0.15) is 4.31 Å². The molecule has 1 aromatic rings. The molecule has 0 saturated carbocycles. The van der Waals surface area contributed by atoms with Crippen LogP contribution in [-0.2, 0) is 21.4 Å². The van der Waals surface area contributed by atoms with Gasteiger partial charge in [-0.1, -0.05) is 13.0 Å². The summed E-state index contributed by atoms with van der Waals surface area (Å²) in [7, 11) is -3.55. The summed E-state index contributed by atoms with van der Waals surface area (Å²) in [5.41, 5.74) is 2.24. The molecule has 118 valence electrons. The van der Waals surface area contributed by atoms with Crippen molar-refractivity contribution in [2.24, 2.45) is 0 Å². The Hall–Kier alpha value is -0.950. The van der Waals surface area contributed by atoms with Gasteiger partial charge in [-0.25, -0.2) is 8.42 Å². The van der Waals surface area contributed by atoms with Crippen LogP contribution in [0.1, 0.15) is 30.0 Å². The van der Waals surface area contributed by atoms with E-state index >= 15 is 0 Å². The summed E-state index contributed by atoms with van der Waals surface area (Å²) in [5.74, 6) is 0. The van der Waals surface area contributed by atoms with Crippen LogP contribution >= 0.6 is 0 Å². The largest absolute Gasteiger partial charge is 0.392 e. The van der Waals surface area contributed by atoms with Gasteiger partial charge in [0.15, 0.2) is 0 Å². The summed E-state index contributed by atoms with van der Waals surface area (Å²) in [6.07, 6.45) is 0.747. The fraction of sp³-hybridized carbons (Fsp3) is 0.600. The quantitative estimate of drug-likeness (QED) is 0.917. The van der Waals surface area contributed by atoms with Crippen molar-refractivity contribution in [3.05, 3.63) is 28.8 Å². The van der Waals surface area contributed by atoms with Gasteiger partial charge in [-0.05, 0) is 43.0 Å². The Kier molecular flexibility index (Phi) is 5.03. The van der Waals surface area contributed by atoms with Gasteiger partial charge in [0.1, 0.15) is 0 Å². The summed E-state index contributed by atoms with van der Waals surface area (Å²) in [6.45, 7) is 6.69. The van der Waals surface area contributed by atoms with Gasteiger partial charge >= 0.3 is 0 Å². The maximum Gasteiger partial charge on any atom is 0.243 e. The molecule has 1 aliphatic heterocycles. The summed E-state index contributed by atoms with van der Waals surface area (Å²) in [5, 5.41) is 9.31. The second kappa shape index (κ2) is 6.44. The molecule has 0 radical (unpaired) electrons. The lowest BCUT2D eigenvalue weighted by atomic mass is 10.1. The van der Waals surface area contributed by atoms with Crippen LogP contribution in [-0.4, -0.2) is 43.6 Å². The highest BCUT2D eigenvalue weighted by molar-refractivity contribution is 7.89. The van der Waals surface area contributed by atoms with Crippen LogP contribution in [0.25, 0.3) is 0 Å². The Morgan fingerprint density at radius 2 is 2.10 bits per heavy atom. The minimum atomic E-state index is -3.55. The SMILES string of the molecule is CCC1CN(S(=O)(=O)c2cc(CO)cc(C)c2C)CCO1. The zero-order chi connectivity index (χ0) is 15.6. The molecule has 1 heterocycles. The topological polar surface area (TPSA) is 66.8 Å². The summed E-state index contributed by atoms with van der Waals surface area (Å²) >= 11 is 0. The van der Waals surface area contributed by atoms with E-state index in [4.69, 9.17) is 4.74 Å². The second-order valence-electron chi connectivity index (χ2n) is 5.46. The standard InChI is InChI=1S/C15H23NO4S/c1-4-14-9-16(5-6-20-14)21(18,19)15-8-13(10-17)7-11(2)12(15)3/h7-8,14,17H,4-6,9-10H2,1-3H3. The fourth-order valence-electron chi connectivity index (χ4n) is 2.55. The first kappa shape index (κ1) is 16.4. The fourth-order valence-corrected chi connectivity index (χ4v) is 4.36. The highest BCUT2D eigenvalue weighted by Crippen LogP contribution is 2.26. The molecule has 6 heteroatoms. The average Bonchev–Trinajstić information content (AvgIpc) is 2.49. The van der Waals surface area contributed by atoms with Crippen LogP contribution in [0, 0.1) is 13.8 Å². The highest BCUT2D eigenvalue weighted by atomic mass is 32.2. The number of benzene rings is 1. The molecule has 1 unspecified atom stereocenters. The molecule has 5 nitrogen and oxygen atoms in total. The third kappa shape index (κ3) is 3.29. The molecule has 0 amide bonds. The number of hydrogen-bond acceptors (Lipinski definition) is 4. The minimum absolute atomic E-state index is 0.0454. The number of ether oxygens (including phenoxy) is 1. The predicted octanol–water partition coefficient (Wildman–Crippen LogP) is 1.60. The van der Waals surface area contributed by atoms with Gasteiger partial charge in [0, 0.05) is 13.1 Å². The molecular formula is C15H23NO4S. The van der Waals surface area contributed by atoms with Crippen LogP contribution in [0.5, 0.6) is 0 Å². The molecule has 1 aliphatic rings. The highest BCUT2D eigenvalue weighted by Gasteiger charge is 2.31. The van der Waals surface area contributed by atoms with Crippen molar-refractivity contribution >= 4 is 10.0 Å². The van der Waals surface area contributed by atoms with Gasteiger partial charge in [0.25, 0.3) is 0 Å². The summed E-state index contributed by atoms with van der Waals surface area (Å²) < 4.78 is 32.8. The monoisotopic (exact) mass is 313 g/mol. The number of sulfonamides is 1. The molecule has 1 N–H and O–H groups in total. The summed E-state index contributed by atoms with van der Waals surface area (Å²) in [6, 6.07) is 3.40. The number of morpholine rings is 1. The lowest BCUT2D eigenvalue weighted by molar-refractivity contribution is -0.00279. The van der Waals surface area contributed by atoms with E-state index < -0.39 is 10.0 Å². The van der Waals surface area contributed by atoms with E-state index in [-0.39, 0.29) is 12.7 Å². The van der Waals surface area contributed by atoms with Crippen LogP contribution in [0.3, 0.4) is 0 Å². The molecule has 1 atom stereocenters. The van der Waals surface area contributed by atoms with E-state index in [1.807, 2.05) is 19.9 Å². The number of aliphatic hydroxyl groups excluding tert-OH is 1. The Labute approximate surface area is 126 Å². The molecule has 1 fully saturated rings. The number of aryl methyl sites for hydroxylation is 1. The van der Waals surface area contributed by atoms with Crippen molar-refractivity contribution in [1.82, 2.24) is 4.31 Å². The van der Waals surface area contributed by atoms with Gasteiger partial charge in [0.2, 0.25) is 10.0 Å². The first-order valence-electron chi connectivity index (χ1n) is 7.22. The normalized spacial score (nSPS) is 20.7. The van der Waals surface area contributed by atoms with Crippen molar-refractivity contribution < 1.29 is 18.3 Å². The maximum atomic E-state index is 12.9. The minimum Gasteiger partial charge on any atom is -0.392 e. The second-order valence-corrected chi connectivity index (χ2v) is 7.36. The Bertz CT molecular complexity index is 612. The van der Waals surface area contributed by atoms with Crippen LogP contribution in [0.4, 0.5) is 0 Å². The van der Waals surface area contributed by atoms with Crippen LogP contribution < -0.4 is 0 Å². The van der Waals surface area contributed by atoms with Crippen LogP contribution in [0.2, 0.25) is 0 Å². The van der Waals surface area contributed by atoms with E-state index in [1.165, 1.54) is 4.31 Å². The van der Waals surface area contributed by atoms with E-state index in [1.54, 1.807) is 13.0 Å².